The smallest absolute Gasteiger partial charge is 0.407 e. The van der Waals surface area contributed by atoms with E-state index in [0.29, 0.717) is 63.9 Å². The third-order valence-corrected chi connectivity index (χ3v) is 11.7. The zero-order valence-electron chi connectivity index (χ0n) is 52.1. The minimum absolute atomic E-state index is 0. The Labute approximate surface area is 558 Å². The lowest BCUT2D eigenvalue weighted by molar-refractivity contribution is 0.0512. The van der Waals surface area contributed by atoms with E-state index in [2.05, 4.69) is 36.2 Å². The third kappa shape index (κ3) is 29.4. The number of carboxylic acids is 1. The van der Waals surface area contributed by atoms with E-state index in [0.717, 1.165) is 39.5 Å². The summed E-state index contributed by atoms with van der Waals surface area (Å²) in [5, 5.41) is 20.1. The lowest BCUT2D eigenvalue weighted by atomic mass is 10.2. The van der Waals surface area contributed by atoms with Gasteiger partial charge in [0.2, 0.25) is 17.6 Å². The highest BCUT2D eigenvalue weighted by Crippen LogP contribution is 2.26. The van der Waals surface area contributed by atoms with E-state index in [1.54, 1.807) is 107 Å². The molecule has 3 heterocycles. The van der Waals surface area contributed by atoms with E-state index in [1.165, 1.54) is 12.1 Å². The van der Waals surface area contributed by atoms with E-state index in [-0.39, 0.29) is 65.2 Å². The number of halogens is 1. The number of benzene rings is 6. The topological polar surface area (TPSA) is 291 Å². The summed E-state index contributed by atoms with van der Waals surface area (Å²) in [5.74, 6) is 1.07. The van der Waals surface area contributed by atoms with Gasteiger partial charge in [0.15, 0.2) is 0 Å². The molecule has 0 atom stereocenters. The number of ether oxygens (including phenoxy) is 5. The number of hydrogen-bond acceptors (Lipinski definition) is 15. The van der Waals surface area contributed by atoms with Crippen molar-refractivity contribution in [2.45, 2.75) is 115 Å². The first-order valence-corrected chi connectivity index (χ1v) is 28.5. The first kappa shape index (κ1) is 79.3. The number of carboxylic acid groups (broad SMARTS) is 1. The second-order valence-corrected chi connectivity index (χ2v) is 22.0. The lowest BCUT2D eigenvalue weighted by Gasteiger charge is -2.19. The minimum Gasteiger partial charge on any atom is -0.478 e. The van der Waals surface area contributed by atoms with Crippen molar-refractivity contribution in [1.82, 2.24) is 25.6 Å². The quantitative estimate of drug-likeness (QED) is 0.0443. The van der Waals surface area contributed by atoms with Gasteiger partial charge in [-0.05, 0) is 188 Å². The summed E-state index contributed by atoms with van der Waals surface area (Å²) in [5.41, 5.74) is 18.1. The second-order valence-electron chi connectivity index (χ2n) is 22.0. The van der Waals surface area contributed by atoms with E-state index in [9.17, 15) is 24.0 Å². The summed E-state index contributed by atoms with van der Waals surface area (Å²) in [4.78, 5) is 72.6. The average Bonchev–Trinajstić information content (AvgIpc) is 0.887. The van der Waals surface area contributed by atoms with Crippen molar-refractivity contribution < 1.29 is 52.8 Å². The Morgan fingerprint density at radius 3 is 1.07 bits per heavy atom. The number of anilines is 3. The van der Waals surface area contributed by atoms with Crippen molar-refractivity contribution in [3.8, 4) is 34.9 Å². The molecule has 0 aliphatic carbocycles. The molecule has 4 amide bonds. The predicted octanol–water partition coefficient (Wildman–Crippen LogP) is 16.9. The molecule has 0 saturated heterocycles. The zero-order chi connectivity index (χ0) is 65.2. The van der Waals surface area contributed by atoms with Crippen LogP contribution in [0.2, 0.25) is 0 Å². The lowest BCUT2D eigenvalue weighted by Crippen LogP contribution is -2.32. The molecule has 9 N–H and O–H groups in total. The number of carbonyl (C=O) groups excluding carboxylic acids is 4. The number of aromatic carboxylic acids is 1. The number of para-hydroxylation sites is 3. The van der Waals surface area contributed by atoms with E-state index >= 15 is 0 Å². The van der Waals surface area contributed by atoms with Gasteiger partial charge in [-0.2, -0.15) is 0 Å². The van der Waals surface area contributed by atoms with Crippen LogP contribution in [-0.2, 0) is 29.1 Å². The van der Waals surface area contributed by atoms with Gasteiger partial charge in [0, 0.05) is 83.1 Å². The Bertz CT molecular complexity index is 3850. The van der Waals surface area contributed by atoms with Gasteiger partial charge in [0.1, 0.15) is 28.5 Å². The molecule has 0 aliphatic heterocycles. The predicted molar refractivity (Wildman–Crippen MR) is 375 cm³/mol. The fourth-order valence-electron chi connectivity index (χ4n) is 7.94. The number of nitrogen functional groups attached to an aromatic ring is 1. The molecule has 0 radical (unpaired) electrons. The number of aryl methyl sites for hydroxylation is 3. The number of rotatable bonds is 16. The van der Waals surface area contributed by atoms with Gasteiger partial charge >= 0.3 is 18.2 Å². The van der Waals surface area contributed by atoms with Gasteiger partial charge in [-0.1, -0.05) is 95.1 Å². The van der Waals surface area contributed by atoms with Gasteiger partial charge in [0.25, 0.3) is 11.8 Å². The number of nitrogens with two attached hydrogens (primary N) is 2. The number of nitrogens with one attached hydrogen (secondary N) is 4. The summed E-state index contributed by atoms with van der Waals surface area (Å²) in [6.45, 7) is 17.3. The highest BCUT2D eigenvalue weighted by molar-refractivity contribution is 6.05. The van der Waals surface area contributed by atoms with Crippen LogP contribution in [0.3, 0.4) is 0 Å². The summed E-state index contributed by atoms with van der Waals surface area (Å²) in [7, 11) is 0. The van der Waals surface area contributed by atoms with Gasteiger partial charge in [-0.15, -0.1) is 12.4 Å². The Kier molecular flexibility index (Phi) is 32.7. The molecular weight excluding hydrogens is 1210 g/mol. The van der Waals surface area contributed by atoms with Gasteiger partial charge < -0.3 is 61.5 Å². The highest BCUT2D eigenvalue weighted by atomic mass is 35.5. The fourth-order valence-corrected chi connectivity index (χ4v) is 7.94. The van der Waals surface area contributed by atoms with Crippen LogP contribution in [0.25, 0.3) is 0 Å². The molecule has 0 bridgehead atoms. The van der Waals surface area contributed by atoms with Crippen LogP contribution >= 0.6 is 12.4 Å². The molecule has 0 aliphatic rings. The van der Waals surface area contributed by atoms with Crippen LogP contribution in [0.15, 0.2) is 200 Å². The number of pyridine rings is 3. The summed E-state index contributed by atoms with van der Waals surface area (Å²) >= 11 is 0. The molecule has 6 aromatic carbocycles. The number of carbonyl (C=O) groups is 5. The Morgan fingerprint density at radius 1 is 0.436 bits per heavy atom. The molecule has 0 spiro atoms. The van der Waals surface area contributed by atoms with Crippen molar-refractivity contribution >= 4 is 59.4 Å². The standard InChI is InChI=1S/C25H27N3O4.C20H19N3O2.C19H22N2O5.C6H7N.3CH4.ClH/c1-17-13-18(16-26-24(30)32-25(2,3)4)14-22(27-17)31-21-12-8-9-19(15-21)23(29)28-20-10-6-5-7-11-20;1-14-10-15(13-21)11-19(22-14)25-18-9-5-6-16(12-18)20(24)23-17-7-3-2-4-8-17;1-12-8-13(11-20-18(24)26-19(2,3)4)9-16(21-12)25-15-7-5-6-14(10-15)17(22)23;7-6-4-2-1-3-5-6;;;;/h5-15H,16H2,1-4H3,(H,26,30)(H,28,29);2-12H,13,21H2,1H3,(H,23,24);5-10H,11H2,1-4H3,(H,20,24)(H,22,23);1-5H,7H2;3*1H4;1H. The molecule has 9 rings (SSSR count). The van der Waals surface area contributed by atoms with Crippen LogP contribution in [0.4, 0.5) is 26.7 Å². The normalized spacial score (nSPS) is 10.1. The van der Waals surface area contributed by atoms with Crippen molar-refractivity contribution in [3.05, 3.63) is 251 Å². The molecule has 20 nitrogen and oxygen atoms in total. The maximum Gasteiger partial charge on any atom is 0.407 e. The highest BCUT2D eigenvalue weighted by Gasteiger charge is 2.18. The SMILES string of the molecule is C.C.C.Cc1cc(CN)cc(Oc2cccc(C(=O)Nc3ccccc3)c2)n1.Cc1cc(CNC(=O)OC(C)(C)C)cc(Oc2cccc(C(=O)Nc3ccccc3)c2)n1.Cc1cc(CNC(=O)OC(C)(C)C)cc(Oc2cccc(C(=O)O)c2)n1.Cl.Nc1ccccc1. The summed E-state index contributed by atoms with van der Waals surface area (Å²) in [6, 6.07) is 58.8. The molecule has 0 unspecified atom stereocenters. The number of nitrogens with zero attached hydrogens (tertiary/aromatic N) is 3. The van der Waals surface area contributed by atoms with Crippen molar-refractivity contribution in [2.24, 2.45) is 5.73 Å². The second kappa shape index (κ2) is 38.8. The summed E-state index contributed by atoms with van der Waals surface area (Å²) < 4.78 is 27.8. The summed E-state index contributed by atoms with van der Waals surface area (Å²) in [6.07, 6.45) is -1.00. The maximum atomic E-state index is 12.5. The van der Waals surface area contributed by atoms with Crippen LogP contribution < -0.4 is 46.9 Å². The van der Waals surface area contributed by atoms with E-state index < -0.39 is 29.4 Å². The molecule has 94 heavy (non-hydrogen) atoms. The third-order valence-electron chi connectivity index (χ3n) is 11.7. The molecule has 9 aromatic rings. The molecule has 498 valence electrons. The number of alkyl carbamates (subject to hydrolysis) is 2. The van der Waals surface area contributed by atoms with Gasteiger partial charge in [-0.3, -0.25) is 9.59 Å². The van der Waals surface area contributed by atoms with Crippen molar-refractivity contribution in [3.63, 3.8) is 0 Å². The minimum atomic E-state index is -1.03. The molecule has 0 fully saturated rings. The largest absolute Gasteiger partial charge is 0.478 e. The molecule has 21 heteroatoms. The van der Waals surface area contributed by atoms with Gasteiger partial charge in [-0.25, -0.2) is 29.3 Å². The van der Waals surface area contributed by atoms with Crippen LogP contribution in [0.5, 0.6) is 34.9 Å². The fraction of sp³-hybridized carbons (Fsp3) is 0.233. The Morgan fingerprint density at radius 2 is 0.755 bits per heavy atom. The molecule has 0 saturated carbocycles. The number of aromatic nitrogens is 3. The van der Waals surface area contributed by atoms with Gasteiger partial charge in [0.05, 0.1) is 5.56 Å². The first-order chi connectivity index (χ1) is 42.8. The van der Waals surface area contributed by atoms with E-state index in [4.69, 9.17) is 40.3 Å². The van der Waals surface area contributed by atoms with Crippen molar-refractivity contribution in [1.29, 1.82) is 0 Å². The Hall–Kier alpha value is -10.8. The Balaban J connectivity index is 0.000000449. The zero-order valence-corrected chi connectivity index (χ0v) is 52.9. The van der Waals surface area contributed by atoms with Crippen LogP contribution in [0.1, 0.15) is 129 Å². The van der Waals surface area contributed by atoms with Crippen molar-refractivity contribution in [2.75, 3.05) is 16.4 Å². The van der Waals surface area contributed by atoms with Crippen LogP contribution in [-0.4, -0.2) is 61.2 Å². The molecular formula is C73H88ClN9O11. The average molecular weight is 1300 g/mol. The van der Waals surface area contributed by atoms with Crippen LogP contribution in [0, 0.1) is 20.8 Å². The molecule has 3 aromatic heterocycles. The first-order valence-electron chi connectivity index (χ1n) is 28.5. The number of hydrogen-bond donors (Lipinski definition) is 7. The van der Waals surface area contributed by atoms with E-state index in [1.807, 2.05) is 144 Å². The number of amides is 4. The maximum absolute atomic E-state index is 12.5. The monoisotopic (exact) mass is 1300 g/mol.